The molecule has 0 spiro atoms. The van der Waals surface area contributed by atoms with Crippen LogP contribution in [0.5, 0.6) is 0 Å². The maximum Gasteiger partial charge on any atom is 0.290 e. The molecule has 0 amide bonds. The van der Waals surface area contributed by atoms with E-state index in [2.05, 4.69) is 5.10 Å². The van der Waals surface area contributed by atoms with Crippen LogP contribution in [0.1, 0.15) is 13.8 Å². The van der Waals surface area contributed by atoms with Crippen LogP contribution >= 0.6 is 11.6 Å². The van der Waals surface area contributed by atoms with E-state index in [1.165, 1.54) is 4.68 Å². The standard InChI is InChI=1S/C11H16ClN3O2/c1-7-5-15(6-8(2)17-7)9-4-10(12)13-14(3)11(9)16/h4,7-8H,5-6H2,1-3H3. The highest BCUT2D eigenvalue weighted by Crippen LogP contribution is 2.18. The van der Waals surface area contributed by atoms with Crippen molar-refractivity contribution in [2.24, 2.45) is 7.05 Å². The molecule has 0 aromatic carbocycles. The van der Waals surface area contributed by atoms with Gasteiger partial charge in [0.25, 0.3) is 5.56 Å². The fourth-order valence-electron chi connectivity index (χ4n) is 2.16. The Morgan fingerprint density at radius 3 is 2.59 bits per heavy atom. The normalized spacial score (nSPS) is 25.1. The quantitative estimate of drug-likeness (QED) is 0.755. The van der Waals surface area contributed by atoms with Crippen molar-refractivity contribution in [1.82, 2.24) is 9.78 Å². The average Bonchev–Trinajstić information content (AvgIpc) is 2.22. The third-order valence-electron chi connectivity index (χ3n) is 2.77. The molecule has 0 saturated carbocycles. The Hall–Kier alpha value is -1.07. The fourth-order valence-corrected chi connectivity index (χ4v) is 2.38. The summed E-state index contributed by atoms with van der Waals surface area (Å²) >= 11 is 5.89. The van der Waals surface area contributed by atoms with Gasteiger partial charge in [0.2, 0.25) is 0 Å². The lowest BCUT2D eigenvalue weighted by molar-refractivity contribution is -0.00532. The minimum Gasteiger partial charge on any atom is -0.372 e. The Morgan fingerprint density at radius 2 is 2.00 bits per heavy atom. The second-order valence-corrected chi connectivity index (χ2v) is 4.83. The first kappa shape index (κ1) is 12.4. The molecule has 17 heavy (non-hydrogen) atoms. The maximum absolute atomic E-state index is 12.0. The van der Waals surface area contributed by atoms with Gasteiger partial charge in [-0.2, -0.15) is 5.10 Å². The van der Waals surface area contributed by atoms with E-state index in [4.69, 9.17) is 16.3 Å². The Labute approximate surface area is 105 Å². The van der Waals surface area contributed by atoms with Gasteiger partial charge in [-0.05, 0) is 13.8 Å². The highest BCUT2D eigenvalue weighted by molar-refractivity contribution is 6.29. The summed E-state index contributed by atoms with van der Waals surface area (Å²) in [6, 6.07) is 1.62. The number of rotatable bonds is 1. The van der Waals surface area contributed by atoms with E-state index in [0.717, 1.165) is 0 Å². The molecular formula is C11H16ClN3O2. The highest BCUT2D eigenvalue weighted by atomic mass is 35.5. The van der Waals surface area contributed by atoms with E-state index in [1.54, 1.807) is 13.1 Å². The predicted octanol–water partition coefficient (Wildman–Crippen LogP) is 1.05. The molecule has 0 N–H and O–H groups in total. The number of hydrogen-bond donors (Lipinski definition) is 0. The summed E-state index contributed by atoms with van der Waals surface area (Å²) in [6.45, 7) is 5.38. The minimum absolute atomic E-state index is 0.107. The van der Waals surface area contributed by atoms with E-state index < -0.39 is 0 Å². The summed E-state index contributed by atoms with van der Waals surface area (Å²) in [5, 5.41) is 4.21. The van der Waals surface area contributed by atoms with Crippen LogP contribution in [0.4, 0.5) is 5.69 Å². The van der Waals surface area contributed by atoms with Crippen LogP contribution in [0.3, 0.4) is 0 Å². The lowest BCUT2D eigenvalue weighted by Crippen LogP contribution is -2.47. The van der Waals surface area contributed by atoms with E-state index in [0.29, 0.717) is 23.9 Å². The number of morpholine rings is 1. The minimum atomic E-state index is -0.129. The third kappa shape index (κ3) is 2.61. The third-order valence-corrected chi connectivity index (χ3v) is 2.96. The number of ether oxygens (including phenoxy) is 1. The van der Waals surface area contributed by atoms with E-state index >= 15 is 0 Å². The molecule has 2 rings (SSSR count). The van der Waals surface area contributed by atoms with Gasteiger partial charge in [-0.3, -0.25) is 4.79 Å². The SMILES string of the molecule is CC1CN(c2cc(Cl)nn(C)c2=O)CC(C)O1. The predicted molar refractivity (Wildman–Crippen MR) is 66.7 cm³/mol. The van der Waals surface area contributed by atoms with Crippen LogP contribution in [0.15, 0.2) is 10.9 Å². The first-order chi connectivity index (χ1) is 7.97. The van der Waals surface area contributed by atoms with E-state index in [-0.39, 0.29) is 17.8 Å². The van der Waals surface area contributed by atoms with Crippen LogP contribution < -0.4 is 10.5 Å². The van der Waals surface area contributed by atoms with Crippen molar-refractivity contribution in [1.29, 1.82) is 0 Å². The summed E-state index contributed by atoms with van der Waals surface area (Å²) in [4.78, 5) is 14.0. The summed E-state index contributed by atoms with van der Waals surface area (Å²) in [5.41, 5.74) is 0.463. The van der Waals surface area contributed by atoms with Crippen LogP contribution in [0, 0.1) is 0 Å². The average molecular weight is 258 g/mol. The first-order valence-corrected chi connectivity index (χ1v) is 5.99. The Bertz CT molecular complexity index is 464. The van der Waals surface area contributed by atoms with E-state index in [9.17, 15) is 4.79 Å². The number of aromatic nitrogens is 2. The summed E-state index contributed by atoms with van der Waals surface area (Å²) < 4.78 is 6.91. The zero-order valence-corrected chi connectivity index (χ0v) is 10.9. The fraction of sp³-hybridized carbons (Fsp3) is 0.636. The van der Waals surface area contributed by atoms with Crippen LogP contribution in [0.2, 0.25) is 5.15 Å². The van der Waals surface area contributed by atoms with Gasteiger partial charge in [-0.1, -0.05) is 11.6 Å². The van der Waals surface area contributed by atoms with Crippen molar-refractivity contribution in [3.63, 3.8) is 0 Å². The van der Waals surface area contributed by atoms with Gasteiger partial charge >= 0.3 is 0 Å². The molecule has 2 atom stereocenters. The monoisotopic (exact) mass is 257 g/mol. The first-order valence-electron chi connectivity index (χ1n) is 5.61. The molecule has 1 aliphatic heterocycles. The van der Waals surface area contributed by atoms with Gasteiger partial charge in [-0.15, -0.1) is 0 Å². The van der Waals surface area contributed by atoms with Gasteiger partial charge in [0.05, 0.1) is 12.2 Å². The molecule has 0 aliphatic carbocycles. The summed E-state index contributed by atoms with van der Waals surface area (Å²) in [7, 11) is 1.60. The smallest absolute Gasteiger partial charge is 0.290 e. The molecule has 2 heterocycles. The number of anilines is 1. The summed E-state index contributed by atoms with van der Waals surface area (Å²) in [6.07, 6.45) is 0.214. The van der Waals surface area contributed by atoms with E-state index in [1.807, 2.05) is 18.7 Å². The Morgan fingerprint density at radius 1 is 1.41 bits per heavy atom. The van der Waals surface area contributed by atoms with Crippen LogP contribution in [-0.2, 0) is 11.8 Å². The Balaban J connectivity index is 2.36. The second kappa shape index (κ2) is 4.66. The second-order valence-electron chi connectivity index (χ2n) is 4.44. The topological polar surface area (TPSA) is 47.4 Å². The molecule has 5 nitrogen and oxygen atoms in total. The van der Waals surface area contributed by atoms with Gasteiger partial charge in [0, 0.05) is 26.2 Å². The highest BCUT2D eigenvalue weighted by Gasteiger charge is 2.24. The van der Waals surface area contributed by atoms with Crippen molar-refractivity contribution in [2.75, 3.05) is 18.0 Å². The molecule has 1 saturated heterocycles. The van der Waals surface area contributed by atoms with Crippen molar-refractivity contribution in [2.45, 2.75) is 26.1 Å². The number of halogens is 1. The van der Waals surface area contributed by atoms with Crippen molar-refractivity contribution >= 4 is 17.3 Å². The molecule has 0 bridgehead atoms. The van der Waals surface area contributed by atoms with Gasteiger partial charge in [0.1, 0.15) is 5.69 Å². The lowest BCUT2D eigenvalue weighted by atomic mass is 10.2. The van der Waals surface area contributed by atoms with Gasteiger partial charge in [0.15, 0.2) is 5.15 Å². The molecule has 1 aromatic rings. The summed E-state index contributed by atoms with van der Waals surface area (Å²) in [5.74, 6) is 0. The molecule has 1 fully saturated rings. The van der Waals surface area contributed by atoms with Crippen molar-refractivity contribution in [3.8, 4) is 0 Å². The van der Waals surface area contributed by atoms with Crippen molar-refractivity contribution < 1.29 is 4.74 Å². The largest absolute Gasteiger partial charge is 0.372 e. The molecular weight excluding hydrogens is 242 g/mol. The number of aryl methyl sites for hydroxylation is 1. The maximum atomic E-state index is 12.0. The van der Waals surface area contributed by atoms with Gasteiger partial charge in [-0.25, -0.2) is 4.68 Å². The van der Waals surface area contributed by atoms with Crippen molar-refractivity contribution in [3.05, 3.63) is 21.6 Å². The van der Waals surface area contributed by atoms with Crippen LogP contribution in [0.25, 0.3) is 0 Å². The molecule has 1 aromatic heterocycles. The lowest BCUT2D eigenvalue weighted by Gasteiger charge is -2.36. The molecule has 6 heteroatoms. The Kier molecular flexibility index (Phi) is 3.40. The molecule has 0 radical (unpaired) electrons. The molecule has 2 unspecified atom stereocenters. The number of nitrogens with zero attached hydrogens (tertiary/aromatic N) is 3. The van der Waals surface area contributed by atoms with Crippen LogP contribution in [-0.4, -0.2) is 35.1 Å². The molecule has 1 aliphatic rings. The zero-order valence-electron chi connectivity index (χ0n) is 10.2. The van der Waals surface area contributed by atoms with Gasteiger partial charge < -0.3 is 9.64 Å². The number of hydrogen-bond acceptors (Lipinski definition) is 4. The zero-order chi connectivity index (χ0) is 12.6. The molecule has 94 valence electrons.